The highest BCUT2D eigenvalue weighted by molar-refractivity contribution is 6.02. The van der Waals surface area contributed by atoms with Crippen molar-refractivity contribution in [2.75, 3.05) is 0 Å². The van der Waals surface area contributed by atoms with Gasteiger partial charge in [-0.05, 0) is 36.5 Å². The highest BCUT2D eigenvalue weighted by Gasteiger charge is 2.25. The number of benzene rings is 1. The third-order valence-electron chi connectivity index (χ3n) is 3.70. The van der Waals surface area contributed by atoms with E-state index in [0.29, 0.717) is 6.04 Å². The average Bonchev–Trinajstić information content (AvgIpc) is 2.36. The van der Waals surface area contributed by atoms with Crippen molar-refractivity contribution in [2.45, 2.75) is 25.3 Å². The molecule has 2 aromatic rings. The molecule has 0 fully saturated rings. The number of hydrogen-bond donors (Lipinski definition) is 0. The summed E-state index contributed by atoms with van der Waals surface area (Å²) in [6.45, 7) is 0. The number of aliphatic imine (C=N–C) groups is 1. The molecular formula is C14H12N2. The van der Waals surface area contributed by atoms with Gasteiger partial charge in [0.15, 0.2) is 0 Å². The molecule has 4 rings (SSSR count). The first-order valence-corrected chi connectivity index (χ1v) is 5.87. The van der Waals surface area contributed by atoms with E-state index < -0.39 is 0 Å². The van der Waals surface area contributed by atoms with E-state index in [2.05, 4.69) is 34.4 Å². The molecule has 78 valence electrons. The number of aromatic nitrogens is 1. The summed E-state index contributed by atoms with van der Waals surface area (Å²) in [5, 5.41) is 1.35. The normalized spacial score (nSPS) is 21.4. The van der Waals surface area contributed by atoms with Crippen molar-refractivity contribution in [1.82, 2.24) is 4.98 Å². The number of rotatable bonds is 0. The van der Waals surface area contributed by atoms with Crippen LogP contribution in [0.1, 0.15) is 35.6 Å². The van der Waals surface area contributed by atoms with Crippen LogP contribution >= 0.6 is 0 Å². The van der Waals surface area contributed by atoms with Gasteiger partial charge < -0.3 is 0 Å². The summed E-state index contributed by atoms with van der Waals surface area (Å²) in [5.41, 5.74) is 5.22. The summed E-state index contributed by atoms with van der Waals surface area (Å²) < 4.78 is 0. The largest absolute Gasteiger partial charge is 0.284 e. The summed E-state index contributed by atoms with van der Waals surface area (Å²) in [6.07, 6.45) is 7.67. The SMILES string of the molecule is C1=NC2CCCc3cnc4cccc1c4c32. The number of pyridine rings is 1. The van der Waals surface area contributed by atoms with Gasteiger partial charge in [0.1, 0.15) is 0 Å². The fourth-order valence-corrected chi connectivity index (χ4v) is 2.97. The Hall–Kier alpha value is -1.70. The molecule has 1 aliphatic carbocycles. The molecule has 2 aliphatic rings. The van der Waals surface area contributed by atoms with Gasteiger partial charge in [-0.25, -0.2) is 0 Å². The van der Waals surface area contributed by atoms with E-state index in [9.17, 15) is 0 Å². The second kappa shape index (κ2) is 2.91. The lowest BCUT2D eigenvalue weighted by atomic mass is 9.84. The molecule has 0 saturated carbocycles. The van der Waals surface area contributed by atoms with Gasteiger partial charge in [-0.1, -0.05) is 12.1 Å². The Morgan fingerprint density at radius 3 is 3.25 bits per heavy atom. The molecule has 1 atom stereocenters. The van der Waals surface area contributed by atoms with Crippen LogP contribution < -0.4 is 0 Å². The number of hydrogen-bond acceptors (Lipinski definition) is 2. The van der Waals surface area contributed by atoms with E-state index in [1.54, 1.807) is 0 Å². The Morgan fingerprint density at radius 1 is 1.25 bits per heavy atom. The van der Waals surface area contributed by atoms with E-state index in [-0.39, 0.29) is 0 Å². The molecule has 16 heavy (non-hydrogen) atoms. The average molecular weight is 208 g/mol. The Kier molecular flexibility index (Phi) is 1.54. The zero-order valence-electron chi connectivity index (χ0n) is 8.98. The van der Waals surface area contributed by atoms with Gasteiger partial charge in [0, 0.05) is 23.4 Å². The van der Waals surface area contributed by atoms with Crippen molar-refractivity contribution in [3.05, 3.63) is 41.1 Å². The molecule has 2 heterocycles. The van der Waals surface area contributed by atoms with Crippen LogP contribution in [-0.4, -0.2) is 11.2 Å². The first-order chi connectivity index (χ1) is 7.93. The molecule has 1 aromatic heterocycles. The van der Waals surface area contributed by atoms with Crippen molar-refractivity contribution in [3.8, 4) is 0 Å². The van der Waals surface area contributed by atoms with Crippen LogP contribution in [0, 0.1) is 0 Å². The first kappa shape index (κ1) is 8.45. The van der Waals surface area contributed by atoms with Gasteiger partial charge in [0.25, 0.3) is 0 Å². The summed E-state index contributed by atoms with van der Waals surface area (Å²) in [5.74, 6) is 0. The van der Waals surface area contributed by atoms with Crippen molar-refractivity contribution in [2.24, 2.45) is 4.99 Å². The van der Waals surface area contributed by atoms with Crippen molar-refractivity contribution in [3.63, 3.8) is 0 Å². The van der Waals surface area contributed by atoms with E-state index in [1.165, 1.54) is 41.3 Å². The lowest BCUT2D eigenvalue weighted by Gasteiger charge is -2.27. The number of aryl methyl sites for hydroxylation is 1. The molecular weight excluding hydrogens is 196 g/mol. The molecule has 0 saturated heterocycles. The first-order valence-electron chi connectivity index (χ1n) is 5.87. The summed E-state index contributed by atoms with van der Waals surface area (Å²) >= 11 is 0. The summed E-state index contributed by atoms with van der Waals surface area (Å²) in [6, 6.07) is 6.69. The maximum absolute atomic E-state index is 4.67. The maximum Gasteiger partial charge on any atom is 0.0759 e. The molecule has 1 unspecified atom stereocenters. The van der Waals surface area contributed by atoms with Gasteiger partial charge in [-0.3, -0.25) is 9.98 Å². The minimum absolute atomic E-state index is 0.393. The Bertz CT molecular complexity index is 613. The molecule has 0 radical (unpaired) electrons. The Balaban J connectivity index is 2.21. The number of nitrogens with zero attached hydrogens (tertiary/aromatic N) is 2. The molecule has 0 amide bonds. The molecule has 2 nitrogen and oxygen atoms in total. The summed E-state index contributed by atoms with van der Waals surface area (Å²) in [4.78, 5) is 9.24. The van der Waals surface area contributed by atoms with Crippen LogP contribution in [-0.2, 0) is 6.42 Å². The molecule has 1 aromatic carbocycles. The highest BCUT2D eigenvalue weighted by atomic mass is 14.8. The lowest BCUT2D eigenvalue weighted by molar-refractivity contribution is 0.575. The molecule has 0 bridgehead atoms. The highest BCUT2D eigenvalue weighted by Crippen LogP contribution is 2.39. The third-order valence-corrected chi connectivity index (χ3v) is 3.70. The van der Waals surface area contributed by atoms with Gasteiger partial charge in [0.2, 0.25) is 0 Å². The lowest BCUT2D eigenvalue weighted by Crippen LogP contribution is -2.13. The zero-order chi connectivity index (χ0) is 10.5. The van der Waals surface area contributed by atoms with Crippen LogP contribution in [0.3, 0.4) is 0 Å². The van der Waals surface area contributed by atoms with Gasteiger partial charge in [0.05, 0.1) is 11.6 Å². The maximum atomic E-state index is 4.67. The van der Waals surface area contributed by atoms with Crippen molar-refractivity contribution < 1.29 is 0 Å². The Labute approximate surface area is 94.0 Å². The van der Waals surface area contributed by atoms with E-state index in [4.69, 9.17) is 0 Å². The van der Waals surface area contributed by atoms with Crippen LogP contribution in [0.15, 0.2) is 29.4 Å². The second-order valence-corrected chi connectivity index (χ2v) is 4.62. The van der Waals surface area contributed by atoms with Gasteiger partial charge in [-0.15, -0.1) is 0 Å². The zero-order valence-corrected chi connectivity index (χ0v) is 8.98. The van der Waals surface area contributed by atoms with Crippen LogP contribution in [0.2, 0.25) is 0 Å². The predicted octanol–water partition coefficient (Wildman–Crippen LogP) is 3.04. The van der Waals surface area contributed by atoms with Gasteiger partial charge in [-0.2, -0.15) is 0 Å². The fourth-order valence-electron chi connectivity index (χ4n) is 2.97. The molecule has 2 heteroatoms. The van der Waals surface area contributed by atoms with E-state index in [0.717, 1.165) is 5.52 Å². The summed E-state index contributed by atoms with van der Waals surface area (Å²) in [7, 11) is 0. The molecule has 0 N–H and O–H groups in total. The van der Waals surface area contributed by atoms with Crippen LogP contribution in [0.4, 0.5) is 0 Å². The fraction of sp³-hybridized carbons (Fsp3) is 0.286. The molecule has 1 aliphatic heterocycles. The van der Waals surface area contributed by atoms with Gasteiger partial charge >= 0.3 is 0 Å². The standard InChI is InChI=1S/C14H12N2/c1-3-9-7-16-12-6-2-4-10-8-15-11(5-1)13(9)14(10)12/h1,3,5,7-8,12H,2,4,6H2. The van der Waals surface area contributed by atoms with E-state index in [1.807, 2.05) is 6.21 Å². The minimum atomic E-state index is 0.393. The van der Waals surface area contributed by atoms with Crippen molar-refractivity contribution in [1.29, 1.82) is 0 Å². The third kappa shape index (κ3) is 0.967. The minimum Gasteiger partial charge on any atom is -0.284 e. The second-order valence-electron chi connectivity index (χ2n) is 4.62. The predicted molar refractivity (Wildman–Crippen MR) is 65.0 cm³/mol. The smallest absolute Gasteiger partial charge is 0.0759 e. The van der Waals surface area contributed by atoms with Crippen LogP contribution in [0.25, 0.3) is 10.9 Å². The quantitative estimate of drug-likeness (QED) is 0.653. The monoisotopic (exact) mass is 208 g/mol. The van der Waals surface area contributed by atoms with Crippen molar-refractivity contribution >= 4 is 17.1 Å². The van der Waals surface area contributed by atoms with E-state index >= 15 is 0 Å². The molecule has 0 spiro atoms. The van der Waals surface area contributed by atoms with Crippen LogP contribution in [0.5, 0.6) is 0 Å². The Morgan fingerprint density at radius 2 is 2.25 bits per heavy atom. The topological polar surface area (TPSA) is 25.2 Å².